The molecule has 1 aromatic heterocycles. The molecule has 0 radical (unpaired) electrons. The van der Waals surface area contributed by atoms with E-state index >= 15 is 4.39 Å². The zero-order valence-electron chi connectivity index (χ0n) is 17.5. The number of benzene rings is 3. The highest BCUT2D eigenvalue weighted by Gasteiger charge is 2.41. The third-order valence-corrected chi connectivity index (χ3v) is 6.97. The summed E-state index contributed by atoms with van der Waals surface area (Å²) < 4.78 is 23.4. The van der Waals surface area contributed by atoms with Gasteiger partial charge in [0.1, 0.15) is 30.0 Å². The number of anilines is 1. The van der Waals surface area contributed by atoms with Gasteiger partial charge in [0, 0.05) is 26.6 Å². The number of fused-ring (bicyclic) bond motifs is 3. The second kappa shape index (κ2) is 7.93. The second-order valence-electron chi connectivity index (χ2n) is 7.82. The molecule has 5 nitrogen and oxygen atoms in total. The van der Waals surface area contributed by atoms with Gasteiger partial charge in [0.25, 0.3) is 0 Å². The molecule has 0 saturated carbocycles. The highest BCUT2D eigenvalue weighted by atomic mass is 35.5. The van der Waals surface area contributed by atoms with Crippen molar-refractivity contribution in [2.75, 3.05) is 11.6 Å². The van der Waals surface area contributed by atoms with Gasteiger partial charge in [-0.15, -0.1) is 11.8 Å². The molecule has 0 bridgehead atoms. The zero-order valence-corrected chi connectivity index (χ0v) is 19.1. The van der Waals surface area contributed by atoms with Crippen LogP contribution in [0.15, 0.2) is 83.5 Å². The predicted octanol–water partition coefficient (Wildman–Crippen LogP) is 6.35. The van der Waals surface area contributed by atoms with E-state index in [1.54, 1.807) is 34.6 Å². The first kappa shape index (κ1) is 20.3. The summed E-state index contributed by atoms with van der Waals surface area (Å²) in [7, 11) is 0. The van der Waals surface area contributed by atoms with Gasteiger partial charge in [-0.1, -0.05) is 41.9 Å². The van der Waals surface area contributed by atoms with Crippen molar-refractivity contribution in [1.29, 1.82) is 0 Å². The molecule has 3 heterocycles. The average Bonchev–Trinajstić information content (AvgIpc) is 3.31. The monoisotopic (exact) mass is 476 g/mol. The molecule has 0 spiro atoms. The molecule has 164 valence electrons. The lowest BCUT2D eigenvalue weighted by molar-refractivity contribution is 0.222. The van der Waals surface area contributed by atoms with Crippen molar-refractivity contribution in [3.63, 3.8) is 0 Å². The molecule has 33 heavy (non-hydrogen) atoms. The average molecular weight is 477 g/mol. The fourth-order valence-corrected chi connectivity index (χ4v) is 5.07. The Kier molecular flexibility index (Phi) is 4.89. The van der Waals surface area contributed by atoms with Crippen molar-refractivity contribution >= 4 is 35.0 Å². The lowest BCUT2D eigenvalue weighted by Gasteiger charge is -2.39. The van der Waals surface area contributed by atoms with E-state index in [0.717, 1.165) is 27.3 Å². The zero-order chi connectivity index (χ0) is 22.5. The van der Waals surface area contributed by atoms with Crippen LogP contribution in [0.3, 0.4) is 0 Å². The fourth-order valence-electron chi connectivity index (χ4n) is 4.49. The van der Waals surface area contributed by atoms with Crippen molar-refractivity contribution in [2.24, 2.45) is 0 Å². The van der Waals surface area contributed by atoms with Gasteiger partial charge in [-0.05, 0) is 48.2 Å². The number of thioether (sulfide) groups is 1. The molecule has 0 fully saturated rings. The molecular weight excluding hydrogens is 459 g/mol. The van der Waals surface area contributed by atoms with Gasteiger partial charge >= 0.3 is 0 Å². The quantitative estimate of drug-likeness (QED) is 0.349. The summed E-state index contributed by atoms with van der Waals surface area (Å²) in [6.07, 6.45) is 3.05. The van der Waals surface area contributed by atoms with Crippen LogP contribution in [-0.2, 0) is 0 Å². The minimum Gasteiger partial charge on any atom is -0.480 e. The smallest absolute Gasteiger partial charge is 0.226 e. The van der Waals surface area contributed by atoms with Crippen molar-refractivity contribution in [3.05, 3.63) is 106 Å². The molecule has 4 aromatic rings. The predicted molar refractivity (Wildman–Crippen MR) is 128 cm³/mol. The molecule has 0 saturated heterocycles. The van der Waals surface area contributed by atoms with E-state index in [1.165, 1.54) is 12.4 Å². The summed E-state index contributed by atoms with van der Waals surface area (Å²) >= 11 is 8.03. The first-order valence-electron chi connectivity index (χ1n) is 10.4. The highest BCUT2D eigenvalue weighted by molar-refractivity contribution is 7.98. The molecule has 2 aliphatic heterocycles. The van der Waals surface area contributed by atoms with E-state index < -0.39 is 12.1 Å². The number of halogens is 2. The molecule has 8 heteroatoms. The summed E-state index contributed by atoms with van der Waals surface area (Å²) in [5, 5.41) is 8.43. The van der Waals surface area contributed by atoms with Crippen LogP contribution in [0.4, 0.5) is 10.3 Å². The van der Waals surface area contributed by atoms with Crippen molar-refractivity contribution in [3.8, 4) is 5.75 Å². The van der Waals surface area contributed by atoms with Gasteiger partial charge < -0.3 is 10.1 Å². The van der Waals surface area contributed by atoms with E-state index in [1.807, 2.05) is 24.5 Å². The largest absolute Gasteiger partial charge is 0.480 e. The molecular formula is C25H18ClFN4OS. The van der Waals surface area contributed by atoms with Crippen LogP contribution in [0.2, 0.25) is 5.02 Å². The maximum Gasteiger partial charge on any atom is 0.226 e. The van der Waals surface area contributed by atoms with Gasteiger partial charge in [-0.3, -0.25) is 0 Å². The van der Waals surface area contributed by atoms with Crippen molar-refractivity contribution in [1.82, 2.24) is 14.8 Å². The second-order valence-corrected chi connectivity index (χ2v) is 9.14. The first-order chi connectivity index (χ1) is 16.1. The first-order valence-corrected chi connectivity index (χ1v) is 12.0. The molecule has 3 aromatic carbocycles. The highest BCUT2D eigenvalue weighted by Crippen LogP contribution is 2.51. The molecule has 0 unspecified atom stereocenters. The Morgan fingerprint density at radius 3 is 2.70 bits per heavy atom. The summed E-state index contributed by atoms with van der Waals surface area (Å²) in [6.45, 7) is 0. The summed E-state index contributed by atoms with van der Waals surface area (Å²) in [6, 6.07) is 20.0. The Labute approximate surface area is 199 Å². The van der Waals surface area contributed by atoms with E-state index in [2.05, 4.69) is 39.7 Å². The Balaban J connectivity index is 1.63. The maximum absolute atomic E-state index is 15.2. The number of aromatic nitrogens is 3. The molecule has 2 aliphatic rings. The summed E-state index contributed by atoms with van der Waals surface area (Å²) in [5.41, 5.74) is 3.94. The molecule has 6 rings (SSSR count). The molecule has 1 N–H and O–H groups in total. The standard InChI is InChI=1S/C25H18ClFN4OS/c1-33-16-9-6-14(7-10-16)24-21-22(18-12-15(26)8-11-20(18)32-24)30-25-28-13-29-31(25)23(21)17-4-2-3-5-19(17)27/h2-13,23-24H,1H3,(H,28,29,30)/t23-,24+/m1/s1. The van der Waals surface area contributed by atoms with Crippen LogP contribution in [-0.4, -0.2) is 21.0 Å². The summed E-state index contributed by atoms with van der Waals surface area (Å²) in [5.74, 6) is 0.919. The normalized spacial score (nSPS) is 18.6. The van der Waals surface area contributed by atoms with E-state index in [9.17, 15) is 0 Å². The van der Waals surface area contributed by atoms with Gasteiger partial charge in [-0.2, -0.15) is 10.1 Å². The van der Waals surface area contributed by atoms with Crippen LogP contribution in [0, 0.1) is 5.82 Å². The number of nitrogens with one attached hydrogen (secondary N) is 1. The Morgan fingerprint density at radius 1 is 1.09 bits per heavy atom. The topological polar surface area (TPSA) is 52.0 Å². The lowest BCUT2D eigenvalue weighted by Crippen LogP contribution is -2.32. The minimum absolute atomic E-state index is 0.314. The Bertz CT molecular complexity index is 1400. The maximum atomic E-state index is 15.2. The van der Waals surface area contributed by atoms with Gasteiger partial charge in [0.15, 0.2) is 0 Å². The van der Waals surface area contributed by atoms with E-state index in [4.69, 9.17) is 16.3 Å². The Morgan fingerprint density at radius 2 is 1.91 bits per heavy atom. The van der Waals surface area contributed by atoms with Crippen LogP contribution in [0.1, 0.15) is 28.8 Å². The number of hydrogen-bond donors (Lipinski definition) is 1. The third kappa shape index (κ3) is 3.31. The third-order valence-electron chi connectivity index (χ3n) is 5.99. The fraction of sp³-hybridized carbons (Fsp3) is 0.120. The SMILES string of the molecule is CSc1ccc([C@@H]2Oc3ccc(Cl)cc3C3=C2[C@@H](c2ccccc2F)n2ncnc2N3)cc1. The number of nitrogens with zero attached hydrogens (tertiary/aromatic N) is 3. The van der Waals surface area contributed by atoms with Crippen LogP contribution in [0.5, 0.6) is 5.75 Å². The molecule has 2 atom stereocenters. The number of ether oxygens (including phenoxy) is 1. The van der Waals surface area contributed by atoms with Crippen LogP contribution >= 0.6 is 23.4 Å². The molecule has 0 amide bonds. The van der Waals surface area contributed by atoms with Crippen molar-refractivity contribution < 1.29 is 9.13 Å². The van der Waals surface area contributed by atoms with Crippen LogP contribution < -0.4 is 10.1 Å². The van der Waals surface area contributed by atoms with E-state index in [-0.39, 0.29) is 5.82 Å². The van der Waals surface area contributed by atoms with E-state index in [0.29, 0.717) is 22.3 Å². The van der Waals surface area contributed by atoms with Crippen LogP contribution in [0.25, 0.3) is 5.70 Å². The molecule has 0 aliphatic carbocycles. The lowest BCUT2D eigenvalue weighted by atomic mass is 9.84. The minimum atomic E-state index is -0.544. The van der Waals surface area contributed by atoms with Crippen molar-refractivity contribution in [2.45, 2.75) is 17.0 Å². The number of hydrogen-bond acceptors (Lipinski definition) is 5. The Hall–Kier alpha value is -3.29. The summed E-state index contributed by atoms with van der Waals surface area (Å²) in [4.78, 5) is 5.53. The van der Waals surface area contributed by atoms with Gasteiger partial charge in [0.2, 0.25) is 5.95 Å². The number of rotatable bonds is 3. The van der Waals surface area contributed by atoms with Gasteiger partial charge in [-0.25, -0.2) is 9.07 Å². The van der Waals surface area contributed by atoms with Gasteiger partial charge in [0.05, 0.1) is 5.70 Å².